The molecule has 3 aromatic rings. The van der Waals surface area contributed by atoms with Gasteiger partial charge in [0.05, 0.1) is 16.2 Å². The van der Waals surface area contributed by atoms with Gasteiger partial charge in [0.2, 0.25) is 0 Å². The minimum absolute atomic E-state index is 0.0866. The summed E-state index contributed by atoms with van der Waals surface area (Å²) in [7, 11) is 0. The van der Waals surface area contributed by atoms with Gasteiger partial charge in [-0.05, 0) is 25.0 Å². The van der Waals surface area contributed by atoms with E-state index in [0.29, 0.717) is 16.3 Å². The van der Waals surface area contributed by atoms with Crippen LogP contribution in [0.1, 0.15) is 28.9 Å². The maximum atomic E-state index is 12.4. The van der Waals surface area contributed by atoms with Gasteiger partial charge in [0.1, 0.15) is 12.3 Å². The van der Waals surface area contributed by atoms with Gasteiger partial charge >= 0.3 is 5.97 Å². The second-order valence-electron chi connectivity index (χ2n) is 6.37. The van der Waals surface area contributed by atoms with Gasteiger partial charge in [-0.15, -0.1) is 11.3 Å². The first-order valence-corrected chi connectivity index (χ1v) is 9.57. The molecule has 1 saturated heterocycles. The molecule has 3 heterocycles. The van der Waals surface area contributed by atoms with Gasteiger partial charge in [-0.25, -0.2) is 9.78 Å². The van der Waals surface area contributed by atoms with E-state index in [1.54, 1.807) is 17.6 Å². The van der Waals surface area contributed by atoms with E-state index < -0.39 is 10.9 Å². The Kier molecular flexibility index (Phi) is 4.78. The summed E-state index contributed by atoms with van der Waals surface area (Å²) in [4.78, 5) is 42.0. The van der Waals surface area contributed by atoms with Crippen molar-refractivity contribution in [3.63, 3.8) is 0 Å². The first kappa shape index (κ1) is 18.1. The Morgan fingerprint density at radius 1 is 1.29 bits per heavy atom. The monoisotopic (exact) mass is 400 g/mol. The standard InChI is InChI=1S/C18H16N4O5S/c23-16-10-13(19-18-21(16)7-8-28-18)11-27-17(24)12-3-4-14(15(9-12)22(25)26)20-5-1-2-6-20/h3-4,7-10H,1-2,5-6,11H2. The van der Waals surface area contributed by atoms with Crippen LogP contribution in [0, 0.1) is 10.1 Å². The molecular formula is C18H16N4O5S. The fraction of sp³-hybridized carbons (Fsp3) is 0.278. The summed E-state index contributed by atoms with van der Waals surface area (Å²) in [5.41, 5.74) is 0.542. The third-order valence-corrected chi connectivity index (χ3v) is 5.32. The number of ether oxygens (including phenoxy) is 1. The number of nitrogens with zero attached hydrogens (tertiary/aromatic N) is 4. The molecule has 2 aromatic heterocycles. The Morgan fingerprint density at radius 2 is 2.07 bits per heavy atom. The van der Waals surface area contributed by atoms with Gasteiger partial charge in [0.25, 0.3) is 11.2 Å². The maximum absolute atomic E-state index is 12.4. The van der Waals surface area contributed by atoms with Gasteiger partial charge < -0.3 is 9.64 Å². The zero-order chi connectivity index (χ0) is 19.7. The number of nitro benzene ring substituents is 1. The molecule has 0 bridgehead atoms. The van der Waals surface area contributed by atoms with Gasteiger partial charge in [0.15, 0.2) is 4.96 Å². The molecule has 0 unspecified atom stereocenters. The topological polar surface area (TPSA) is 107 Å². The van der Waals surface area contributed by atoms with Crippen molar-refractivity contribution in [2.75, 3.05) is 18.0 Å². The number of hydrogen-bond donors (Lipinski definition) is 0. The van der Waals surface area contributed by atoms with E-state index in [1.165, 1.54) is 33.9 Å². The van der Waals surface area contributed by atoms with Crippen molar-refractivity contribution in [2.45, 2.75) is 19.4 Å². The van der Waals surface area contributed by atoms with Crippen LogP contribution in [0.4, 0.5) is 11.4 Å². The van der Waals surface area contributed by atoms with E-state index in [1.807, 2.05) is 4.90 Å². The van der Waals surface area contributed by atoms with Crippen molar-refractivity contribution >= 4 is 33.6 Å². The van der Waals surface area contributed by atoms with Crippen molar-refractivity contribution < 1.29 is 14.5 Å². The first-order chi connectivity index (χ1) is 13.5. The van der Waals surface area contributed by atoms with E-state index in [4.69, 9.17) is 4.74 Å². The molecule has 1 aliphatic heterocycles. The van der Waals surface area contributed by atoms with E-state index in [-0.39, 0.29) is 23.4 Å². The Hall–Kier alpha value is -3.27. The largest absolute Gasteiger partial charge is 0.456 e. The Balaban J connectivity index is 1.53. The highest BCUT2D eigenvalue weighted by Gasteiger charge is 2.24. The van der Waals surface area contributed by atoms with Gasteiger partial charge in [0, 0.05) is 36.8 Å². The molecule has 0 radical (unpaired) electrons. The molecule has 9 nitrogen and oxygen atoms in total. The number of aromatic nitrogens is 2. The van der Waals surface area contributed by atoms with Crippen LogP contribution in [0.5, 0.6) is 0 Å². The Labute approximate surface area is 163 Å². The van der Waals surface area contributed by atoms with Crippen LogP contribution in [0.25, 0.3) is 4.96 Å². The maximum Gasteiger partial charge on any atom is 0.338 e. The van der Waals surface area contributed by atoms with E-state index in [2.05, 4.69) is 4.98 Å². The third kappa shape index (κ3) is 3.46. The van der Waals surface area contributed by atoms with Crippen molar-refractivity contribution in [3.8, 4) is 0 Å². The van der Waals surface area contributed by atoms with Crippen molar-refractivity contribution in [3.05, 3.63) is 67.6 Å². The Morgan fingerprint density at radius 3 is 2.82 bits per heavy atom. The van der Waals surface area contributed by atoms with Gasteiger partial charge in [-0.1, -0.05) is 0 Å². The van der Waals surface area contributed by atoms with E-state index in [0.717, 1.165) is 25.9 Å². The molecule has 1 aromatic carbocycles. The number of esters is 1. The van der Waals surface area contributed by atoms with Crippen molar-refractivity contribution in [1.82, 2.24) is 9.38 Å². The van der Waals surface area contributed by atoms with Crippen molar-refractivity contribution in [1.29, 1.82) is 0 Å². The van der Waals surface area contributed by atoms with Crippen LogP contribution < -0.4 is 10.5 Å². The van der Waals surface area contributed by atoms with Crippen LogP contribution in [0.15, 0.2) is 40.6 Å². The number of rotatable bonds is 5. The van der Waals surface area contributed by atoms with E-state index >= 15 is 0 Å². The summed E-state index contributed by atoms with van der Waals surface area (Å²) in [5.74, 6) is -0.704. The molecule has 0 atom stereocenters. The smallest absolute Gasteiger partial charge is 0.338 e. The third-order valence-electron chi connectivity index (χ3n) is 4.56. The first-order valence-electron chi connectivity index (χ1n) is 8.69. The molecule has 4 rings (SSSR count). The molecule has 10 heteroatoms. The zero-order valence-corrected chi connectivity index (χ0v) is 15.6. The number of thiazole rings is 1. The second-order valence-corrected chi connectivity index (χ2v) is 7.25. The lowest BCUT2D eigenvalue weighted by Crippen LogP contribution is -2.19. The summed E-state index contributed by atoms with van der Waals surface area (Å²) in [6.07, 6.45) is 3.59. The lowest BCUT2D eigenvalue weighted by atomic mass is 10.1. The summed E-state index contributed by atoms with van der Waals surface area (Å²) in [6, 6.07) is 5.64. The highest BCUT2D eigenvalue weighted by Crippen LogP contribution is 2.31. The normalized spacial score (nSPS) is 13.8. The van der Waals surface area contributed by atoms with Crippen LogP contribution in [-0.4, -0.2) is 33.4 Å². The molecule has 0 aliphatic carbocycles. The minimum Gasteiger partial charge on any atom is -0.456 e. The number of carbonyl (C=O) groups is 1. The molecule has 0 saturated carbocycles. The molecule has 1 fully saturated rings. The molecular weight excluding hydrogens is 384 g/mol. The molecule has 1 aliphatic rings. The molecule has 28 heavy (non-hydrogen) atoms. The van der Waals surface area contributed by atoms with E-state index in [9.17, 15) is 19.7 Å². The highest BCUT2D eigenvalue weighted by molar-refractivity contribution is 7.15. The number of anilines is 1. The summed E-state index contributed by atoms with van der Waals surface area (Å²) in [6.45, 7) is 1.33. The zero-order valence-electron chi connectivity index (χ0n) is 14.7. The quantitative estimate of drug-likeness (QED) is 0.368. The second kappa shape index (κ2) is 7.39. The van der Waals surface area contributed by atoms with Crippen LogP contribution in [-0.2, 0) is 11.3 Å². The molecule has 144 valence electrons. The number of benzene rings is 1. The lowest BCUT2D eigenvalue weighted by molar-refractivity contribution is -0.384. The highest BCUT2D eigenvalue weighted by atomic mass is 32.1. The average molecular weight is 400 g/mol. The van der Waals surface area contributed by atoms with Crippen LogP contribution in [0.3, 0.4) is 0 Å². The average Bonchev–Trinajstić information content (AvgIpc) is 3.37. The molecule has 0 spiro atoms. The number of hydrogen-bond acceptors (Lipinski definition) is 8. The number of nitro groups is 1. The number of carbonyl (C=O) groups excluding carboxylic acids is 1. The SMILES string of the molecule is O=C(OCc1cc(=O)n2ccsc2n1)c1ccc(N2CCCC2)c([N+](=O)[O-])c1. The molecule has 0 N–H and O–H groups in total. The fourth-order valence-corrected chi connectivity index (χ4v) is 3.95. The number of fused-ring (bicyclic) bond motifs is 1. The van der Waals surface area contributed by atoms with Crippen LogP contribution >= 0.6 is 11.3 Å². The summed E-state index contributed by atoms with van der Waals surface area (Å²) < 4.78 is 6.61. The minimum atomic E-state index is -0.704. The summed E-state index contributed by atoms with van der Waals surface area (Å²) >= 11 is 1.30. The fourth-order valence-electron chi connectivity index (χ4n) is 3.21. The Bertz CT molecular complexity index is 1120. The van der Waals surface area contributed by atoms with Crippen molar-refractivity contribution in [2.24, 2.45) is 0 Å². The lowest BCUT2D eigenvalue weighted by Gasteiger charge is -2.17. The van der Waals surface area contributed by atoms with Gasteiger partial charge in [-0.2, -0.15) is 0 Å². The van der Waals surface area contributed by atoms with Gasteiger partial charge in [-0.3, -0.25) is 19.3 Å². The predicted molar refractivity (Wildman–Crippen MR) is 103 cm³/mol. The predicted octanol–water partition coefficient (Wildman–Crippen LogP) is 2.62. The molecule has 0 amide bonds. The van der Waals surface area contributed by atoms with Crippen LogP contribution in [0.2, 0.25) is 0 Å². The summed E-state index contributed by atoms with van der Waals surface area (Å²) in [5, 5.41) is 13.2.